The summed E-state index contributed by atoms with van der Waals surface area (Å²) in [5, 5.41) is 0. The average Bonchev–Trinajstić information content (AvgIpc) is 2.30. The maximum absolute atomic E-state index is 13.4. The molecule has 1 fully saturated rings. The van der Waals surface area contributed by atoms with Crippen molar-refractivity contribution in [3.63, 3.8) is 0 Å². The Morgan fingerprint density at radius 2 is 1.94 bits per heavy atom. The standard InChI is InChI=1S/C13H19FN2/c14-13-4-2-1-3-11(13)5-8-16-9-6-12(15)7-10-16/h1-4,12H,5-10,15H2. The lowest BCUT2D eigenvalue weighted by atomic mass is 10.1. The number of hydrogen-bond donors (Lipinski definition) is 1. The molecule has 0 radical (unpaired) electrons. The monoisotopic (exact) mass is 222 g/mol. The molecule has 0 atom stereocenters. The van der Waals surface area contributed by atoms with E-state index in [-0.39, 0.29) is 5.82 Å². The fraction of sp³-hybridized carbons (Fsp3) is 0.538. The molecule has 0 unspecified atom stereocenters. The first-order valence-corrected chi connectivity index (χ1v) is 5.97. The van der Waals surface area contributed by atoms with Gasteiger partial charge in [-0.15, -0.1) is 0 Å². The molecule has 1 heterocycles. The summed E-state index contributed by atoms with van der Waals surface area (Å²) in [6.45, 7) is 3.04. The van der Waals surface area contributed by atoms with E-state index in [2.05, 4.69) is 4.90 Å². The van der Waals surface area contributed by atoms with Gasteiger partial charge in [-0.05, 0) is 44.0 Å². The molecule has 0 spiro atoms. The highest BCUT2D eigenvalue weighted by atomic mass is 19.1. The van der Waals surface area contributed by atoms with Crippen molar-refractivity contribution >= 4 is 0 Å². The molecule has 2 nitrogen and oxygen atoms in total. The van der Waals surface area contributed by atoms with Gasteiger partial charge in [0.2, 0.25) is 0 Å². The summed E-state index contributed by atoms with van der Waals surface area (Å²) in [5.41, 5.74) is 6.66. The lowest BCUT2D eigenvalue weighted by Crippen LogP contribution is -2.40. The zero-order valence-electron chi connectivity index (χ0n) is 9.53. The first-order valence-electron chi connectivity index (χ1n) is 5.97. The minimum absolute atomic E-state index is 0.0868. The van der Waals surface area contributed by atoms with Gasteiger partial charge in [-0.1, -0.05) is 18.2 Å². The van der Waals surface area contributed by atoms with E-state index in [9.17, 15) is 4.39 Å². The zero-order chi connectivity index (χ0) is 11.4. The van der Waals surface area contributed by atoms with Crippen LogP contribution in [0, 0.1) is 5.82 Å². The molecule has 2 rings (SSSR count). The van der Waals surface area contributed by atoms with Gasteiger partial charge >= 0.3 is 0 Å². The Morgan fingerprint density at radius 1 is 1.25 bits per heavy atom. The van der Waals surface area contributed by atoms with Crippen LogP contribution in [0.5, 0.6) is 0 Å². The number of benzene rings is 1. The van der Waals surface area contributed by atoms with Crippen LogP contribution in [0.15, 0.2) is 24.3 Å². The van der Waals surface area contributed by atoms with Gasteiger partial charge in [0.25, 0.3) is 0 Å². The Morgan fingerprint density at radius 3 is 2.62 bits per heavy atom. The summed E-state index contributed by atoms with van der Waals surface area (Å²) in [6, 6.07) is 7.39. The average molecular weight is 222 g/mol. The molecule has 0 saturated carbocycles. The van der Waals surface area contributed by atoms with Crippen molar-refractivity contribution in [3.8, 4) is 0 Å². The predicted molar refractivity (Wildman–Crippen MR) is 63.8 cm³/mol. The molecule has 3 heteroatoms. The van der Waals surface area contributed by atoms with Crippen LogP contribution < -0.4 is 5.73 Å². The third-order valence-corrected chi connectivity index (χ3v) is 3.29. The molecule has 0 aliphatic carbocycles. The summed E-state index contributed by atoms with van der Waals surface area (Å²) < 4.78 is 13.4. The molecular formula is C13H19FN2. The third kappa shape index (κ3) is 3.03. The van der Waals surface area contributed by atoms with Gasteiger partial charge in [0, 0.05) is 12.6 Å². The lowest BCUT2D eigenvalue weighted by molar-refractivity contribution is 0.215. The summed E-state index contributed by atoms with van der Waals surface area (Å²) >= 11 is 0. The van der Waals surface area contributed by atoms with E-state index in [1.165, 1.54) is 6.07 Å². The summed E-state index contributed by atoms with van der Waals surface area (Å²) in [4.78, 5) is 2.37. The molecule has 2 N–H and O–H groups in total. The number of likely N-dealkylation sites (tertiary alicyclic amines) is 1. The third-order valence-electron chi connectivity index (χ3n) is 3.29. The lowest BCUT2D eigenvalue weighted by Gasteiger charge is -2.29. The highest BCUT2D eigenvalue weighted by Crippen LogP contribution is 2.11. The van der Waals surface area contributed by atoms with Gasteiger partial charge in [-0.25, -0.2) is 4.39 Å². The highest BCUT2D eigenvalue weighted by molar-refractivity contribution is 5.17. The van der Waals surface area contributed by atoms with E-state index >= 15 is 0 Å². The Kier molecular flexibility index (Phi) is 3.91. The fourth-order valence-corrected chi connectivity index (χ4v) is 2.16. The van der Waals surface area contributed by atoms with E-state index in [0.717, 1.165) is 44.5 Å². The van der Waals surface area contributed by atoms with Crippen molar-refractivity contribution in [2.75, 3.05) is 19.6 Å². The SMILES string of the molecule is NC1CCN(CCc2ccccc2F)CC1. The molecular weight excluding hydrogens is 203 g/mol. The number of halogens is 1. The van der Waals surface area contributed by atoms with Crippen molar-refractivity contribution in [2.45, 2.75) is 25.3 Å². The molecule has 16 heavy (non-hydrogen) atoms. The van der Waals surface area contributed by atoms with E-state index in [1.807, 2.05) is 12.1 Å². The van der Waals surface area contributed by atoms with Crippen molar-refractivity contribution in [3.05, 3.63) is 35.6 Å². The molecule has 88 valence electrons. The summed E-state index contributed by atoms with van der Waals surface area (Å²) in [5.74, 6) is -0.0868. The van der Waals surface area contributed by atoms with Crippen LogP contribution in [-0.2, 0) is 6.42 Å². The van der Waals surface area contributed by atoms with Gasteiger partial charge in [-0.3, -0.25) is 0 Å². The predicted octanol–water partition coefficient (Wildman–Crippen LogP) is 1.79. The molecule has 1 aliphatic heterocycles. The summed E-state index contributed by atoms with van der Waals surface area (Å²) in [7, 11) is 0. The molecule has 0 bridgehead atoms. The van der Waals surface area contributed by atoms with Crippen LogP contribution in [0.3, 0.4) is 0 Å². The Hall–Kier alpha value is -0.930. The summed E-state index contributed by atoms with van der Waals surface area (Å²) in [6.07, 6.45) is 2.93. The smallest absolute Gasteiger partial charge is 0.126 e. The maximum Gasteiger partial charge on any atom is 0.126 e. The van der Waals surface area contributed by atoms with Crippen LogP contribution in [0.2, 0.25) is 0 Å². The number of nitrogens with zero attached hydrogens (tertiary/aromatic N) is 1. The second kappa shape index (κ2) is 5.41. The van der Waals surface area contributed by atoms with E-state index in [1.54, 1.807) is 6.07 Å². The van der Waals surface area contributed by atoms with Gasteiger partial charge in [-0.2, -0.15) is 0 Å². The van der Waals surface area contributed by atoms with Crippen LogP contribution in [-0.4, -0.2) is 30.6 Å². The minimum atomic E-state index is -0.0868. The van der Waals surface area contributed by atoms with Gasteiger partial charge in [0.15, 0.2) is 0 Å². The number of piperidine rings is 1. The van der Waals surface area contributed by atoms with Crippen molar-refractivity contribution in [1.82, 2.24) is 4.90 Å². The van der Waals surface area contributed by atoms with Gasteiger partial charge in [0.05, 0.1) is 0 Å². The van der Waals surface area contributed by atoms with Gasteiger partial charge in [0.1, 0.15) is 5.82 Å². The van der Waals surface area contributed by atoms with Crippen molar-refractivity contribution in [2.24, 2.45) is 5.73 Å². The number of rotatable bonds is 3. The quantitative estimate of drug-likeness (QED) is 0.845. The normalized spacial score (nSPS) is 18.9. The molecule has 1 aliphatic rings. The number of nitrogens with two attached hydrogens (primary N) is 1. The maximum atomic E-state index is 13.4. The Balaban J connectivity index is 1.81. The van der Waals surface area contributed by atoms with Crippen LogP contribution in [0.4, 0.5) is 4.39 Å². The van der Waals surface area contributed by atoms with Crippen LogP contribution >= 0.6 is 0 Å². The molecule has 1 saturated heterocycles. The fourth-order valence-electron chi connectivity index (χ4n) is 2.16. The van der Waals surface area contributed by atoms with Crippen molar-refractivity contribution < 1.29 is 4.39 Å². The van der Waals surface area contributed by atoms with Crippen LogP contribution in [0.25, 0.3) is 0 Å². The van der Waals surface area contributed by atoms with Crippen molar-refractivity contribution in [1.29, 1.82) is 0 Å². The van der Waals surface area contributed by atoms with E-state index in [0.29, 0.717) is 6.04 Å². The largest absolute Gasteiger partial charge is 0.328 e. The topological polar surface area (TPSA) is 29.3 Å². The molecule has 1 aromatic rings. The second-order valence-corrected chi connectivity index (χ2v) is 4.52. The molecule has 0 aromatic heterocycles. The minimum Gasteiger partial charge on any atom is -0.328 e. The highest BCUT2D eigenvalue weighted by Gasteiger charge is 2.15. The first-order chi connectivity index (χ1) is 7.75. The van der Waals surface area contributed by atoms with Gasteiger partial charge < -0.3 is 10.6 Å². The molecule has 1 aromatic carbocycles. The Labute approximate surface area is 96.2 Å². The zero-order valence-corrected chi connectivity index (χ0v) is 9.53. The first kappa shape index (κ1) is 11.6. The second-order valence-electron chi connectivity index (χ2n) is 4.52. The van der Waals surface area contributed by atoms with Crippen LogP contribution in [0.1, 0.15) is 18.4 Å². The Bertz CT molecular complexity index is 332. The van der Waals surface area contributed by atoms with E-state index in [4.69, 9.17) is 5.73 Å². The van der Waals surface area contributed by atoms with E-state index < -0.39 is 0 Å². The molecule has 0 amide bonds. The number of hydrogen-bond acceptors (Lipinski definition) is 2.